The molecule has 1 aromatic heterocycles. The van der Waals surface area contributed by atoms with Crippen molar-refractivity contribution >= 4 is 41.6 Å². The van der Waals surface area contributed by atoms with Gasteiger partial charge in [0.1, 0.15) is 11.9 Å². The van der Waals surface area contributed by atoms with Crippen LogP contribution in [0.4, 0.5) is 10.6 Å². The summed E-state index contributed by atoms with van der Waals surface area (Å²) < 4.78 is 5.64. The number of ether oxygens (including phenoxy) is 1. The second kappa shape index (κ2) is 8.86. The Labute approximate surface area is 174 Å². The number of carbonyl (C=O) groups is 2. The van der Waals surface area contributed by atoms with Crippen LogP contribution in [0.15, 0.2) is 11.0 Å². The maximum Gasteiger partial charge on any atom is 0.410 e. The van der Waals surface area contributed by atoms with Crippen molar-refractivity contribution in [2.45, 2.75) is 81.5 Å². The van der Waals surface area contributed by atoms with E-state index in [2.05, 4.69) is 15.5 Å². The summed E-state index contributed by atoms with van der Waals surface area (Å²) in [5, 5.41) is 11.9. The molecule has 1 N–H and O–H groups in total. The van der Waals surface area contributed by atoms with E-state index in [0.717, 1.165) is 43.3 Å². The first-order chi connectivity index (χ1) is 13.3. The third-order valence-corrected chi connectivity index (χ3v) is 6.07. The maximum atomic E-state index is 12.7. The maximum absolute atomic E-state index is 12.7. The number of anilines is 1. The zero-order valence-electron chi connectivity index (χ0n) is 16.5. The molecule has 3 heterocycles. The lowest BCUT2D eigenvalue weighted by Gasteiger charge is -2.48. The summed E-state index contributed by atoms with van der Waals surface area (Å²) in [6.45, 7) is 5.69. The van der Waals surface area contributed by atoms with Crippen LogP contribution in [0.5, 0.6) is 0 Å². The number of nitrogens with one attached hydrogen (secondary N) is 1. The SMILES string of the molecule is CC(C)(C)OC(=O)N1C2CCC[C@@H]1C[C@@H](Nc1nnc(Cl)cc1SCC=O)C2. The van der Waals surface area contributed by atoms with Crippen LogP contribution in [0.3, 0.4) is 0 Å². The average molecular weight is 427 g/mol. The van der Waals surface area contributed by atoms with Gasteiger partial charge in [0.2, 0.25) is 0 Å². The highest BCUT2D eigenvalue weighted by atomic mass is 35.5. The lowest BCUT2D eigenvalue weighted by atomic mass is 9.82. The number of thioether (sulfide) groups is 1. The van der Waals surface area contributed by atoms with E-state index in [9.17, 15) is 9.59 Å². The van der Waals surface area contributed by atoms with Crippen molar-refractivity contribution in [2.24, 2.45) is 0 Å². The monoisotopic (exact) mass is 426 g/mol. The molecular formula is C19H27ClN4O3S. The van der Waals surface area contributed by atoms with Gasteiger partial charge in [0.15, 0.2) is 11.0 Å². The molecule has 1 unspecified atom stereocenters. The van der Waals surface area contributed by atoms with Gasteiger partial charge in [-0.15, -0.1) is 22.0 Å². The minimum absolute atomic E-state index is 0.159. The first-order valence-corrected chi connectivity index (χ1v) is 11.0. The number of piperidine rings is 2. The topological polar surface area (TPSA) is 84.4 Å². The van der Waals surface area contributed by atoms with Crippen molar-refractivity contribution in [3.63, 3.8) is 0 Å². The fraction of sp³-hybridized carbons (Fsp3) is 0.684. The molecule has 3 atom stereocenters. The van der Waals surface area contributed by atoms with E-state index in [1.165, 1.54) is 11.8 Å². The quantitative estimate of drug-likeness (QED) is 0.559. The minimum atomic E-state index is -0.496. The van der Waals surface area contributed by atoms with E-state index >= 15 is 0 Å². The molecule has 1 amide bonds. The van der Waals surface area contributed by atoms with E-state index in [0.29, 0.717) is 16.7 Å². The normalized spacial score (nSPS) is 24.6. The van der Waals surface area contributed by atoms with Crippen molar-refractivity contribution < 1.29 is 14.3 Å². The second-order valence-electron chi connectivity index (χ2n) is 8.30. The van der Waals surface area contributed by atoms with Gasteiger partial charge in [0, 0.05) is 18.1 Å². The van der Waals surface area contributed by atoms with Gasteiger partial charge in [-0.2, -0.15) is 0 Å². The highest BCUT2D eigenvalue weighted by Crippen LogP contribution is 2.37. The van der Waals surface area contributed by atoms with Crippen molar-refractivity contribution in [1.29, 1.82) is 0 Å². The zero-order valence-corrected chi connectivity index (χ0v) is 18.1. The number of amides is 1. The fourth-order valence-electron chi connectivity index (χ4n) is 3.99. The highest BCUT2D eigenvalue weighted by Gasteiger charge is 2.42. The first kappa shape index (κ1) is 21.2. The molecule has 0 aliphatic carbocycles. The Balaban J connectivity index is 1.71. The Morgan fingerprint density at radius 1 is 1.36 bits per heavy atom. The Morgan fingerprint density at radius 2 is 2.04 bits per heavy atom. The smallest absolute Gasteiger partial charge is 0.410 e. The summed E-state index contributed by atoms with van der Waals surface area (Å²) in [7, 11) is 0. The van der Waals surface area contributed by atoms with Crippen LogP contribution >= 0.6 is 23.4 Å². The van der Waals surface area contributed by atoms with Gasteiger partial charge < -0.3 is 19.7 Å². The predicted molar refractivity (Wildman–Crippen MR) is 110 cm³/mol. The van der Waals surface area contributed by atoms with E-state index in [4.69, 9.17) is 16.3 Å². The molecule has 2 saturated heterocycles. The summed E-state index contributed by atoms with van der Waals surface area (Å²) in [6.07, 6.45) is 5.39. The molecule has 0 spiro atoms. The van der Waals surface area contributed by atoms with Crippen LogP contribution in [0.2, 0.25) is 5.15 Å². The molecule has 0 saturated carbocycles. The molecular weight excluding hydrogens is 400 g/mol. The molecule has 7 nitrogen and oxygen atoms in total. The van der Waals surface area contributed by atoms with Crippen LogP contribution in [-0.2, 0) is 9.53 Å². The fourth-order valence-corrected chi connectivity index (χ4v) is 4.88. The molecule has 1 aromatic rings. The number of hydrogen-bond acceptors (Lipinski definition) is 7. The van der Waals surface area contributed by atoms with Gasteiger partial charge >= 0.3 is 6.09 Å². The van der Waals surface area contributed by atoms with Crippen LogP contribution in [-0.4, -0.2) is 57.0 Å². The van der Waals surface area contributed by atoms with Crippen LogP contribution in [0, 0.1) is 0 Å². The Morgan fingerprint density at radius 3 is 2.64 bits per heavy atom. The summed E-state index contributed by atoms with van der Waals surface area (Å²) >= 11 is 7.34. The number of rotatable bonds is 5. The molecule has 3 rings (SSSR count). The van der Waals surface area contributed by atoms with Crippen molar-refractivity contribution in [1.82, 2.24) is 15.1 Å². The first-order valence-electron chi connectivity index (χ1n) is 9.64. The number of aromatic nitrogens is 2. The standard InChI is InChI=1S/C19H27ClN4O3S/c1-19(2,3)27-18(26)24-13-5-4-6-14(24)10-12(9-13)21-17-15(28-8-7-25)11-16(20)22-23-17/h7,11-14H,4-6,8-10H2,1-3H3,(H,21,23)/t12-,13-,14?/m1/s1. The molecule has 2 bridgehead atoms. The van der Waals surface area contributed by atoms with Gasteiger partial charge in [0.05, 0.1) is 10.6 Å². The minimum Gasteiger partial charge on any atom is -0.444 e. The average Bonchev–Trinajstić information content (AvgIpc) is 2.59. The number of carbonyl (C=O) groups excluding carboxylic acids is 2. The summed E-state index contributed by atoms with van der Waals surface area (Å²) in [5.41, 5.74) is -0.496. The molecule has 2 fully saturated rings. The van der Waals surface area contributed by atoms with Crippen LogP contribution in [0.25, 0.3) is 0 Å². The Kier molecular flexibility index (Phi) is 6.70. The third kappa shape index (κ3) is 5.29. The lowest BCUT2D eigenvalue weighted by Crippen LogP contribution is -2.58. The van der Waals surface area contributed by atoms with Gasteiger partial charge in [-0.3, -0.25) is 0 Å². The number of fused-ring (bicyclic) bond motifs is 2. The highest BCUT2D eigenvalue weighted by molar-refractivity contribution is 8.00. The zero-order chi connectivity index (χ0) is 20.3. The Hall–Kier alpha value is -1.54. The van der Waals surface area contributed by atoms with Crippen molar-refractivity contribution in [2.75, 3.05) is 11.1 Å². The molecule has 0 radical (unpaired) electrons. The summed E-state index contributed by atoms with van der Waals surface area (Å²) in [6, 6.07) is 2.22. The molecule has 154 valence electrons. The second-order valence-corrected chi connectivity index (χ2v) is 9.75. The predicted octanol–water partition coefficient (Wildman–Crippen LogP) is 4.15. The largest absolute Gasteiger partial charge is 0.444 e. The van der Waals surface area contributed by atoms with E-state index < -0.39 is 5.60 Å². The van der Waals surface area contributed by atoms with Gasteiger partial charge in [-0.25, -0.2) is 4.79 Å². The molecule has 28 heavy (non-hydrogen) atoms. The summed E-state index contributed by atoms with van der Waals surface area (Å²) in [4.78, 5) is 26.2. The number of halogens is 1. The van der Waals surface area contributed by atoms with Gasteiger partial charge in [-0.05, 0) is 58.9 Å². The van der Waals surface area contributed by atoms with Crippen molar-refractivity contribution in [3.05, 3.63) is 11.2 Å². The number of nitrogens with zero attached hydrogens (tertiary/aromatic N) is 3. The lowest BCUT2D eigenvalue weighted by molar-refractivity contribution is -0.105. The third-order valence-electron chi connectivity index (χ3n) is 4.96. The Bertz CT molecular complexity index is 714. The molecule has 9 heteroatoms. The van der Waals surface area contributed by atoms with E-state index in [1.807, 2.05) is 25.7 Å². The molecule has 2 aliphatic rings. The van der Waals surface area contributed by atoms with Crippen molar-refractivity contribution in [3.8, 4) is 0 Å². The van der Waals surface area contributed by atoms with Gasteiger partial charge in [-0.1, -0.05) is 11.6 Å². The number of hydrogen-bond donors (Lipinski definition) is 1. The molecule has 2 aliphatic heterocycles. The van der Waals surface area contributed by atoms with E-state index in [-0.39, 0.29) is 24.2 Å². The molecule has 0 aromatic carbocycles. The summed E-state index contributed by atoms with van der Waals surface area (Å²) in [5.74, 6) is 0.976. The van der Waals surface area contributed by atoms with Gasteiger partial charge in [0.25, 0.3) is 0 Å². The number of aldehydes is 1. The van der Waals surface area contributed by atoms with E-state index in [1.54, 1.807) is 6.07 Å². The van der Waals surface area contributed by atoms with Crippen LogP contribution < -0.4 is 5.32 Å². The van der Waals surface area contributed by atoms with Crippen LogP contribution in [0.1, 0.15) is 52.9 Å².